The van der Waals surface area contributed by atoms with Gasteiger partial charge in [0, 0.05) is 19.0 Å². The van der Waals surface area contributed by atoms with Gasteiger partial charge in [-0.15, -0.1) is 0 Å². The smallest absolute Gasteiger partial charge is 0.224 e. The minimum Gasteiger partial charge on any atom is -0.497 e. The molecule has 0 radical (unpaired) electrons. The van der Waals surface area contributed by atoms with Gasteiger partial charge in [0.05, 0.1) is 45.3 Å². The molecule has 3 aromatic carbocycles. The maximum absolute atomic E-state index is 12.4. The number of carbonyl (C=O) groups excluding carboxylic acids is 1. The van der Waals surface area contributed by atoms with Crippen LogP contribution in [0.4, 0.5) is 0 Å². The summed E-state index contributed by atoms with van der Waals surface area (Å²) in [7, 11) is 4.84. The van der Waals surface area contributed by atoms with Gasteiger partial charge in [-0.3, -0.25) is 4.79 Å². The molecule has 0 atom stereocenters. The SMILES string of the molecule is COc1cccc(OCCn2c(CCCCCNC(=O)Cc3ccc(OC)c(OC)c3)nc3ccccc32)c1. The Morgan fingerprint density at radius 1 is 0.846 bits per heavy atom. The first kappa shape index (κ1) is 27.8. The number of hydrogen-bond acceptors (Lipinski definition) is 6. The van der Waals surface area contributed by atoms with Crippen molar-refractivity contribution in [1.29, 1.82) is 0 Å². The van der Waals surface area contributed by atoms with Gasteiger partial charge in [0.1, 0.15) is 23.9 Å². The third-order valence-corrected chi connectivity index (χ3v) is 6.57. The molecule has 1 heterocycles. The van der Waals surface area contributed by atoms with E-state index in [4.69, 9.17) is 23.9 Å². The number of imidazole rings is 1. The van der Waals surface area contributed by atoms with E-state index in [1.165, 1.54) is 0 Å². The lowest BCUT2D eigenvalue weighted by molar-refractivity contribution is -0.120. The Labute approximate surface area is 229 Å². The molecule has 0 bridgehead atoms. The number of para-hydroxylation sites is 2. The van der Waals surface area contributed by atoms with Crippen molar-refractivity contribution in [3.05, 3.63) is 78.1 Å². The van der Waals surface area contributed by atoms with E-state index in [1.54, 1.807) is 21.3 Å². The number of methoxy groups -OCH3 is 3. The van der Waals surface area contributed by atoms with Gasteiger partial charge in [-0.05, 0) is 54.8 Å². The van der Waals surface area contributed by atoms with Gasteiger partial charge in [-0.25, -0.2) is 4.98 Å². The lowest BCUT2D eigenvalue weighted by Gasteiger charge is -2.12. The van der Waals surface area contributed by atoms with E-state index in [9.17, 15) is 4.79 Å². The van der Waals surface area contributed by atoms with Crippen molar-refractivity contribution in [2.24, 2.45) is 0 Å². The maximum atomic E-state index is 12.4. The Hall–Kier alpha value is -4.20. The van der Waals surface area contributed by atoms with E-state index in [2.05, 4.69) is 16.0 Å². The molecule has 8 nitrogen and oxygen atoms in total. The molecule has 0 aliphatic heterocycles. The zero-order valence-corrected chi connectivity index (χ0v) is 22.9. The molecule has 0 unspecified atom stereocenters. The van der Waals surface area contributed by atoms with Crippen molar-refractivity contribution in [2.45, 2.75) is 38.6 Å². The van der Waals surface area contributed by atoms with Crippen LogP contribution in [0.2, 0.25) is 0 Å². The van der Waals surface area contributed by atoms with Crippen LogP contribution in [0.1, 0.15) is 30.7 Å². The van der Waals surface area contributed by atoms with Gasteiger partial charge in [-0.1, -0.05) is 30.7 Å². The van der Waals surface area contributed by atoms with E-state index < -0.39 is 0 Å². The molecule has 1 aromatic heterocycles. The maximum Gasteiger partial charge on any atom is 0.224 e. The van der Waals surface area contributed by atoms with E-state index >= 15 is 0 Å². The predicted octanol–water partition coefficient (Wildman–Crippen LogP) is 5.21. The third-order valence-electron chi connectivity index (χ3n) is 6.57. The van der Waals surface area contributed by atoms with Crippen molar-refractivity contribution in [2.75, 3.05) is 34.5 Å². The average molecular weight is 532 g/mol. The van der Waals surface area contributed by atoms with Gasteiger partial charge >= 0.3 is 0 Å². The summed E-state index contributed by atoms with van der Waals surface area (Å²) >= 11 is 0. The van der Waals surface area contributed by atoms with Crippen molar-refractivity contribution in [3.63, 3.8) is 0 Å². The Kier molecular flexibility index (Phi) is 10.1. The number of benzene rings is 3. The second-order valence-electron chi connectivity index (χ2n) is 9.22. The Balaban J connectivity index is 1.23. The van der Waals surface area contributed by atoms with Gasteiger partial charge in [-0.2, -0.15) is 0 Å². The van der Waals surface area contributed by atoms with Crippen LogP contribution >= 0.6 is 0 Å². The number of fused-ring (bicyclic) bond motifs is 1. The predicted molar refractivity (Wildman–Crippen MR) is 152 cm³/mol. The summed E-state index contributed by atoms with van der Waals surface area (Å²) in [4.78, 5) is 17.3. The van der Waals surface area contributed by atoms with E-state index in [0.717, 1.165) is 59.6 Å². The number of nitrogens with one attached hydrogen (secondary N) is 1. The fraction of sp³-hybridized carbons (Fsp3) is 0.355. The highest BCUT2D eigenvalue weighted by Crippen LogP contribution is 2.27. The number of amides is 1. The highest BCUT2D eigenvalue weighted by atomic mass is 16.5. The van der Waals surface area contributed by atoms with Crippen LogP contribution in [0.5, 0.6) is 23.0 Å². The van der Waals surface area contributed by atoms with Gasteiger partial charge in [0.25, 0.3) is 0 Å². The molecule has 206 valence electrons. The fourth-order valence-corrected chi connectivity index (χ4v) is 4.56. The number of aromatic nitrogens is 2. The molecule has 0 saturated heterocycles. The highest BCUT2D eigenvalue weighted by Gasteiger charge is 2.11. The Morgan fingerprint density at radius 2 is 1.67 bits per heavy atom. The van der Waals surface area contributed by atoms with Crippen LogP contribution in [0.25, 0.3) is 11.0 Å². The van der Waals surface area contributed by atoms with Crippen molar-refractivity contribution in [3.8, 4) is 23.0 Å². The summed E-state index contributed by atoms with van der Waals surface area (Å²) in [5, 5.41) is 3.02. The van der Waals surface area contributed by atoms with Crippen molar-refractivity contribution < 1.29 is 23.7 Å². The minimum absolute atomic E-state index is 0.0000450. The summed E-state index contributed by atoms with van der Waals surface area (Å²) in [5.74, 6) is 3.90. The van der Waals surface area contributed by atoms with Gasteiger partial charge < -0.3 is 28.8 Å². The molecule has 0 spiro atoms. The molecule has 39 heavy (non-hydrogen) atoms. The largest absolute Gasteiger partial charge is 0.497 e. The summed E-state index contributed by atoms with van der Waals surface area (Å²) in [6.07, 6.45) is 4.08. The summed E-state index contributed by atoms with van der Waals surface area (Å²) in [5.41, 5.74) is 3.00. The monoisotopic (exact) mass is 531 g/mol. The van der Waals surface area contributed by atoms with Crippen molar-refractivity contribution >= 4 is 16.9 Å². The lowest BCUT2D eigenvalue weighted by Crippen LogP contribution is -2.26. The number of aryl methyl sites for hydroxylation is 1. The molecule has 8 heteroatoms. The van der Waals surface area contributed by atoms with E-state index in [0.29, 0.717) is 37.6 Å². The van der Waals surface area contributed by atoms with Gasteiger partial charge in [0.15, 0.2) is 11.5 Å². The second-order valence-corrected chi connectivity index (χ2v) is 9.22. The zero-order valence-electron chi connectivity index (χ0n) is 22.9. The molecule has 1 amide bonds. The van der Waals surface area contributed by atoms with Gasteiger partial charge in [0.2, 0.25) is 5.91 Å². The molecule has 0 aliphatic rings. The average Bonchev–Trinajstić information content (AvgIpc) is 3.32. The molecule has 1 N–H and O–H groups in total. The van der Waals surface area contributed by atoms with Crippen molar-refractivity contribution in [1.82, 2.24) is 14.9 Å². The van der Waals surface area contributed by atoms with E-state index in [-0.39, 0.29) is 5.91 Å². The quantitative estimate of drug-likeness (QED) is 0.212. The molecule has 4 rings (SSSR count). The summed E-state index contributed by atoms with van der Waals surface area (Å²) in [6, 6.07) is 21.4. The second kappa shape index (κ2) is 14.1. The normalized spacial score (nSPS) is 10.8. The van der Waals surface area contributed by atoms with Crippen LogP contribution < -0.4 is 24.3 Å². The van der Waals surface area contributed by atoms with Crippen LogP contribution in [-0.2, 0) is 24.2 Å². The summed E-state index contributed by atoms with van der Waals surface area (Å²) in [6.45, 7) is 1.89. The first-order chi connectivity index (χ1) is 19.1. The van der Waals surface area contributed by atoms with Crippen LogP contribution in [-0.4, -0.2) is 49.9 Å². The topological polar surface area (TPSA) is 83.8 Å². The first-order valence-corrected chi connectivity index (χ1v) is 13.3. The summed E-state index contributed by atoms with van der Waals surface area (Å²) < 4.78 is 24.1. The standard InChI is InChI=1S/C31H37N3O5/c1-36-24-10-9-11-25(22-24)39-19-18-34-27-13-7-6-12-26(27)33-30(34)14-5-4-8-17-32-31(35)21-23-15-16-28(37-2)29(20-23)38-3/h6-7,9-13,15-16,20,22H,4-5,8,14,17-19,21H2,1-3H3,(H,32,35). The van der Waals surface area contributed by atoms with E-state index in [1.807, 2.05) is 60.7 Å². The molecular formula is C31H37N3O5. The van der Waals surface area contributed by atoms with Crippen LogP contribution in [0.3, 0.4) is 0 Å². The first-order valence-electron chi connectivity index (χ1n) is 13.3. The molecule has 4 aromatic rings. The highest BCUT2D eigenvalue weighted by molar-refractivity contribution is 5.78. The molecule has 0 fully saturated rings. The molecular weight excluding hydrogens is 494 g/mol. The fourth-order valence-electron chi connectivity index (χ4n) is 4.56. The lowest BCUT2D eigenvalue weighted by atomic mass is 10.1. The number of hydrogen-bond donors (Lipinski definition) is 1. The van der Waals surface area contributed by atoms with Crippen LogP contribution in [0, 0.1) is 0 Å². The molecule has 0 aliphatic carbocycles. The Morgan fingerprint density at radius 3 is 2.49 bits per heavy atom. The number of nitrogens with zero attached hydrogens (tertiary/aromatic N) is 2. The number of ether oxygens (including phenoxy) is 4. The number of unbranched alkanes of at least 4 members (excludes halogenated alkanes) is 2. The van der Waals surface area contributed by atoms with Crippen LogP contribution in [0.15, 0.2) is 66.7 Å². The molecule has 0 saturated carbocycles. The zero-order chi connectivity index (χ0) is 27.5. The Bertz CT molecular complexity index is 1370. The third kappa shape index (κ3) is 7.66. The minimum atomic E-state index is 0.0000450. The number of carbonyl (C=O) groups is 1. The number of rotatable bonds is 15.